The fraction of sp³-hybridized carbons (Fsp3) is 0.588. The summed E-state index contributed by atoms with van der Waals surface area (Å²) in [7, 11) is 1.72. The van der Waals surface area contributed by atoms with Crippen molar-refractivity contribution in [2.24, 2.45) is 0 Å². The second-order valence-electron chi connectivity index (χ2n) is 5.19. The lowest BCUT2D eigenvalue weighted by Crippen LogP contribution is -2.25. The van der Waals surface area contributed by atoms with E-state index < -0.39 is 0 Å². The minimum Gasteiger partial charge on any atom is -0.495 e. The van der Waals surface area contributed by atoms with Crippen LogP contribution in [-0.2, 0) is 11.3 Å². The van der Waals surface area contributed by atoms with Gasteiger partial charge < -0.3 is 20.3 Å². The third kappa shape index (κ3) is 5.93. The number of nitrogens with zero attached hydrogens (tertiary/aromatic N) is 1. The summed E-state index contributed by atoms with van der Waals surface area (Å²) >= 11 is 0. The zero-order chi connectivity index (χ0) is 16.4. The first-order valence-electron chi connectivity index (χ1n) is 7.99. The van der Waals surface area contributed by atoms with E-state index in [0.29, 0.717) is 6.54 Å². The minimum absolute atomic E-state index is 0.0247. The van der Waals surface area contributed by atoms with Gasteiger partial charge >= 0.3 is 0 Å². The first kappa shape index (κ1) is 18.3. The Labute approximate surface area is 134 Å². The lowest BCUT2D eigenvalue weighted by molar-refractivity contribution is -0.118. The molecule has 0 aliphatic carbocycles. The van der Waals surface area contributed by atoms with Crippen molar-refractivity contribution in [3.05, 3.63) is 23.8 Å². The molecule has 1 aromatic rings. The topological polar surface area (TPSA) is 53.6 Å². The van der Waals surface area contributed by atoms with E-state index in [1.54, 1.807) is 7.11 Å². The molecule has 124 valence electrons. The van der Waals surface area contributed by atoms with E-state index in [1.165, 1.54) is 12.5 Å². The predicted octanol–water partition coefficient (Wildman–Crippen LogP) is 2.16. The Balaban J connectivity index is 2.50. The molecule has 0 aliphatic heterocycles. The molecule has 0 aliphatic rings. The molecule has 0 saturated carbocycles. The monoisotopic (exact) mass is 307 g/mol. The average Bonchev–Trinajstić information content (AvgIpc) is 2.52. The molecule has 22 heavy (non-hydrogen) atoms. The largest absolute Gasteiger partial charge is 0.495 e. The van der Waals surface area contributed by atoms with Gasteiger partial charge in [0.25, 0.3) is 0 Å². The minimum atomic E-state index is 0.0247. The highest BCUT2D eigenvalue weighted by atomic mass is 16.5. The van der Waals surface area contributed by atoms with Crippen LogP contribution in [0.1, 0.15) is 32.8 Å². The molecule has 0 fully saturated rings. The van der Waals surface area contributed by atoms with Gasteiger partial charge in [0.15, 0.2) is 0 Å². The van der Waals surface area contributed by atoms with Crippen LogP contribution in [0.5, 0.6) is 5.75 Å². The SMILES string of the molecule is CCN(CC)c1ccc(CNCCCNC(C)=O)cc1OC. The first-order chi connectivity index (χ1) is 10.6. The lowest BCUT2D eigenvalue weighted by atomic mass is 10.1. The molecule has 0 atom stereocenters. The summed E-state index contributed by atoms with van der Waals surface area (Å²) in [5.41, 5.74) is 2.34. The van der Waals surface area contributed by atoms with E-state index in [2.05, 4.69) is 47.6 Å². The Hall–Kier alpha value is -1.75. The second kappa shape index (κ2) is 10.1. The van der Waals surface area contributed by atoms with E-state index in [9.17, 15) is 4.79 Å². The summed E-state index contributed by atoms with van der Waals surface area (Å²) in [6.45, 7) is 10.2. The molecule has 0 unspecified atom stereocenters. The number of benzene rings is 1. The number of amides is 1. The third-order valence-corrected chi connectivity index (χ3v) is 3.58. The highest BCUT2D eigenvalue weighted by Gasteiger charge is 2.09. The Kier molecular flexibility index (Phi) is 8.36. The van der Waals surface area contributed by atoms with E-state index in [0.717, 1.165) is 44.0 Å². The molecule has 0 heterocycles. The standard InChI is InChI=1S/C17H29N3O2/c1-5-20(6-2)16-9-8-15(12-17(16)22-4)13-18-10-7-11-19-14(3)21/h8-9,12,18H,5-7,10-11,13H2,1-4H3,(H,19,21). The normalized spacial score (nSPS) is 10.4. The van der Waals surface area contributed by atoms with Crippen LogP contribution in [0.4, 0.5) is 5.69 Å². The van der Waals surface area contributed by atoms with Gasteiger partial charge in [0.2, 0.25) is 5.91 Å². The smallest absolute Gasteiger partial charge is 0.216 e. The van der Waals surface area contributed by atoms with Gasteiger partial charge in [-0.15, -0.1) is 0 Å². The Bertz CT molecular complexity index is 459. The average molecular weight is 307 g/mol. The molecule has 0 spiro atoms. The second-order valence-corrected chi connectivity index (χ2v) is 5.19. The van der Waals surface area contributed by atoms with Gasteiger partial charge in [-0.05, 0) is 44.5 Å². The van der Waals surface area contributed by atoms with E-state index in [1.807, 2.05) is 0 Å². The molecule has 5 nitrogen and oxygen atoms in total. The maximum Gasteiger partial charge on any atom is 0.216 e. The number of carbonyl (C=O) groups excluding carboxylic acids is 1. The zero-order valence-electron chi connectivity index (χ0n) is 14.2. The van der Waals surface area contributed by atoms with E-state index >= 15 is 0 Å². The number of methoxy groups -OCH3 is 1. The van der Waals surface area contributed by atoms with Gasteiger partial charge in [-0.1, -0.05) is 6.07 Å². The first-order valence-corrected chi connectivity index (χ1v) is 7.99. The number of hydrogen-bond acceptors (Lipinski definition) is 4. The quantitative estimate of drug-likeness (QED) is 0.650. The van der Waals surface area contributed by atoms with Crippen LogP contribution in [0, 0.1) is 0 Å². The van der Waals surface area contributed by atoms with Crippen LogP contribution in [0.2, 0.25) is 0 Å². The van der Waals surface area contributed by atoms with Crippen molar-refractivity contribution in [1.82, 2.24) is 10.6 Å². The van der Waals surface area contributed by atoms with Crippen molar-refractivity contribution < 1.29 is 9.53 Å². The van der Waals surface area contributed by atoms with Crippen LogP contribution in [-0.4, -0.2) is 39.2 Å². The van der Waals surface area contributed by atoms with E-state index in [4.69, 9.17) is 4.74 Å². The van der Waals surface area contributed by atoms with Crippen LogP contribution >= 0.6 is 0 Å². The number of carbonyl (C=O) groups is 1. The molecule has 1 aromatic carbocycles. The molecule has 0 radical (unpaired) electrons. The Morgan fingerprint density at radius 2 is 1.95 bits per heavy atom. The predicted molar refractivity (Wildman–Crippen MR) is 91.6 cm³/mol. The molecule has 1 amide bonds. The van der Waals surface area contributed by atoms with Crippen LogP contribution in [0.3, 0.4) is 0 Å². The number of ether oxygens (including phenoxy) is 1. The molecular formula is C17H29N3O2. The van der Waals surface area contributed by atoms with Gasteiger partial charge in [0.05, 0.1) is 12.8 Å². The molecule has 0 aromatic heterocycles. The van der Waals surface area contributed by atoms with Gasteiger partial charge in [0, 0.05) is 33.1 Å². The molecular weight excluding hydrogens is 278 g/mol. The summed E-state index contributed by atoms with van der Waals surface area (Å²) in [6.07, 6.45) is 0.925. The summed E-state index contributed by atoms with van der Waals surface area (Å²) in [6, 6.07) is 6.35. The molecule has 2 N–H and O–H groups in total. The Morgan fingerprint density at radius 3 is 2.55 bits per heavy atom. The van der Waals surface area contributed by atoms with Gasteiger partial charge in [0.1, 0.15) is 5.75 Å². The lowest BCUT2D eigenvalue weighted by Gasteiger charge is -2.23. The number of nitrogens with one attached hydrogen (secondary N) is 2. The third-order valence-electron chi connectivity index (χ3n) is 3.58. The highest BCUT2D eigenvalue weighted by molar-refractivity contribution is 5.72. The summed E-state index contributed by atoms with van der Waals surface area (Å²) < 4.78 is 5.52. The Morgan fingerprint density at radius 1 is 1.23 bits per heavy atom. The molecule has 1 rings (SSSR count). The van der Waals surface area contributed by atoms with Crippen LogP contribution < -0.4 is 20.3 Å². The molecule has 0 bridgehead atoms. The van der Waals surface area contributed by atoms with Crippen molar-refractivity contribution in [3.8, 4) is 5.75 Å². The molecule has 0 saturated heterocycles. The van der Waals surface area contributed by atoms with Crippen molar-refractivity contribution in [1.29, 1.82) is 0 Å². The summed E-state index contributed by atoms with van der Waals surface area (Å²) in [5, 5.41) is 6.17. The maximum absolute atomic E-state index is 10.8. The van der Waals surface area contributed by atoms with Crippen molar-refractivity contribution >= 4 is 11.6 Å². The number of rotatable bonds is 10. The van der Waals surface area contributed by atoms with Gasteiger partial charge in [-0.25, -0.2) is 0 Å². The fourth-order valence-electron chi connectivity index (χ4n) is 2.37. The van der Waals surface area contributed by atoms with Crippen molar-refractivity contribution in [2.75, 3.05) is 38.2 Å². The van der Waals surface area contributed by atoms with Crippen LogP contribution in [0.25, 0.3) is 0 Å². The molecule has 5 heteroatoms. The summed E-state index contributed by atoms with van der Waals surface area (Å²) in [4.78, 5) is 13.0. The highest BCUT2D eigenvalue weighted by Crippen LogP contribution is 2.29. The fourth-order valence-corrected chi connectivity index (χ4v) is 2.37. The van der Waals surface area contributed by atoms with Gasteiger partial charge in [-0.2, -0.15) is 0 Å². The van der Waals surface area contributed by atoms with Crippen LogP contribution in [0.15, 0.2) is 18.2 Å². The van der Waals surface area contributed by atoms with Crippen molar-refractivity contribution in [2.45, 2.75) is 33.7 Å². The van der Waals surface area contributed by atoms with E-state index in [-0.39, 0.29) is 5.91 Å². The number of hydrogen-bond donors (Lipinski definition) is 2. The summed E-state index contributed by atoms with van der Waals surface area (Å²) in [5.74, 6) is 0.943. The number of anilines is 1. The van der Waals surface area contributed by atoms with Crippen molar-refractivity contribution in [3.63, 3.8) is 0 Å². The zero-order valence-corrected chi connectivity index (χ0v) is 14.2. The maximum atomic E-state index is 10.8. The van der Waals surface area contributed by atoms with Gasteiger partial charge in [-0.3, -0.25) is 4.79 Å².